The summed E-state index contributed by atoms with van der Waals surface area (Å²) in [6.07, 6.45) is 0.321. The maximum absolute atomic E-state index is 13.9. The van der Waals surface area contributed by atoms with Gasteiger partial charge < -0.3 is 15.0 Å². The standard InChI is InChI=1S/C32H26Br2N4O6/c1-2-44-32(39)30-28(35-24-11-7-22(33)8-12-24)19-29(20-3-13-26(14-4-20)37(40)41)36(25-17-9-23(34)10-18-25)31(30)21-5-15-27(16-6-21)38(42)43/h3-18,29,31,35H,2,19H2,1H3. The van der Waals surface area contributed by atoms with Crippen molar-refractivity contribution >= 4 is 60.6 Å². The number of hydrogen-bond acceptors (Lipinski definition) is 8. The van der Waals surface area contributed by atoms with E-state index in [1.807, 2.05) is 48.5 Å². The second kappa shape index (κ2) is 13.4. The van der Waals surface area contributed by atoms with E-state index in [1.165, 1.54) is 24.3 Å². The minimum absolute atomic E-state index is 0.0392. The molecule has 0 amide bonds. The zero-order valence-electron chi connectivity index (χ0n) is 23.4. The molecule has 4 aromatic carbocycles. The lowest BCUT2D eigenvalue weighted by atomic mass is 9.84. The number of anilines is 2. The van der Waals surface area contributed by atoms with Crippen LogP contribution < -0.4 is 10.2 Å². The largest absolute Gasteiger partial charge is 0.463 e. The number of hydrogen-bond donors (Lipinski definition) is 1. The van der Waals surface area contributed by atoms with Crippen LogP contribution in [0.5, 0.6) is 0 Å². The number of carbonyl (C=O) groups excluding carboxylic acids is 1. The van der Waals surface area contributed by atoms with Crippen LogP contribution in [0.1, 0.15) is 36.6 Å². The Kier molecular flexibility index (Phi) is 9.40. The van der Waals surface area contributed by atoms with Gasteiger partial charge in [-0.3, -0.25) is 20.2 Å². The summed E-state index contributed by atoms with van der Waals surface area (Å²) in [5.74, 6) is -0.528. The third-order valence-corrected chi connectivity index (χ3v) is 8.34. The van der Waals surface area contributed by atoms with Crippen molar-refractivity contribution in [1.82, 2.24) is 0 Å². The van der Waals surface area contributed by atoms with Gasteiger partial charge in [0.25, 0.3) is 11.4 Å². The SMILES string of the molecule is CCOC(=O)C1=C(Nc2ccc(Br)cc2)CC(c2ccc([N+](=O)[O-])cc2)N(c2ccc(Br)cc2)C1c1ccc([N+](=O)[O-])cc1. The van der Waals surface area contributed by atoms with E-state index in [2.05, 4.69) is 42.1 Å². The summed E-state index contributed by atoms with van der Waals surface area (Å²) in [7, 11) is 0. The Hall–Kier alpha value is -4.55. The second-order valence-electron chi connectivity index (χ2n) is 9.95. The minimum Gasteiger partial charge on any atom is -0.463 e. The van der Waals surface area contributed by atoms with E-state index in [4.69, 9.17) is 4.74 Å². The zero-order chi connectivity index (χ0) is 31.4. The molecule has 0 fully saturated rings. The monoisotopic (exact) mass is 720 g/mol. The van der Waals surface area contributed by atoms with Crippen molar-refractivity contribution in [3.8, 4) is 0 Å². The lowest BCUT2D eigenvalue weighted by Gasteiger charge is -2.46. The first-order chi connectivity index (χ1) is 21.2. The number of nitro groups is 2. The quantitative estimate of drug-likeness (QED) is 0.103. The third kappa shape index (κ3) is 6.66. The molecule has 2 atom stereocenters. The molecule has 5 rings (SSSR count). The average molecular weight is 722 g/mol. The van der Waals surface area contributed by atoms with E-state index in [0.29, 0.717) is 23.3 Å². The molecular weight excluding hydrogens is 696 g/mol. The number of ether oxygens (including phenoxy) is 1. The summed E-state index contributed by atoms with van der Waals surface area (Å²) in [6.45, 7) is 1.88. The number of carbonyl (C=O) groups is 1. The number of rotatable bonds is 9. The van der Waals surface area contributed by atoms with Crippen LogP contribution in [0, 0.1) is 20.2 Å². The highest BCUT2D eigenvalue weighted by Gasteiger charge is 2.42. The predicted octanol–water partition coefficient (Wildman–Crippen LogP) is 8.65. The van der Waals surface area contributed by atoms with Crippen LogP contribution in [-0.2, 0) is 9.53 Å². The van der Waals surface area contributed by atoms with Crippen LogP contribution in [0.4, 0.5) is 22.7 Å². The van der Waals surface area contributed by atoms with Gasteiger partial charge in [-0.05, 0) is 78.7 Å². The smallest absolute Gasteiger partial charge is 0.338 e. The van der Waals surface area contributed by atoms with E-state index in [1.54, 1.807) is 31.2 Å². The molecule has 1 N–H and O–H groups in total. The molecule has 0 saturated carbocycles. The summed E-state index contributed by atoms with van der Waals surface area (Å²) in [4.78, 5) is 38.0. The molecule has 12 heteroatoms. The molecule has 224 valence electrons. The normalized spacial score (nSPS) is 16.4. The number of esters is 1. The lowest BCUT2D eigenvalue weighted by Crippen LogP contribution is -2.41. The molecule has 0 bridgehead atoms. The summed E-state index contributed by atoms with van der Waals surface area (Å²) < 4.78 is 7.35. The van der Waals surface area contributed by atoms with E-state index in [9.17, 15) is 25.0 Å². The van der Waals surface area contributed by atoms with Crippen molar-refractivity contribution in [3.05, 3.63) is 149 Å². The van der Waals surface area contributed by atoms with Gasteiger partial charge in [-0.1, -0.05) is 44.0 Å². The van der Waals surface area contributed by atoms with Gasteiger partial charge in [0.05, 0.1) is 34.1 Å². The fourth-order valence-electron chi connectivity index (χ4n) is 5.30. The molecule has 44 heavy (non-hydrogen) atoms. The number of non-ortho nitro benzene ring substituents is 2. The summed E-state index contributed by atoms with van der Waals surface area (Å²) in [5.41, 5.74) is 3.75. The molecule has 0 radical (unpaired) electrons. The van der Waals surface area contributed by atoms with Crippen molar-refractivity contribution in [2.45, 2.75) is 25.4 Å². The van der Waals surface area contributed by atoms with Crippen LogP contribution in [0.2, 0.25) is 0 Å². The molecule has 10 nitrogen and oxygen atoms in total. The molecule has 0 aliphatic carbocycles. The van der Waals surface area contributed by atoms with Gasteiger partial charge >= 0.3 is 5.97 Å². The van der Waals surface area contributed by atoms with Crippen LogP contribution in [-0.4, -0.2) is 22.4 Å². The first-order valence-corrected chi connectivity index (χ1v) is 15.2. The molecule has 1 aliphatic heterocycles. The van der Waals surface area contributed by atoms with Crippen LogP contribution >= 0.6 is 31.9 Å². The first kappa shape index (κ1) is 30.9. The highest BCUT2D eigenvalue weighted by atomic mass is 79.9. The molecular formula is C32H26Br2N4O6. The number of benzene rings is 4. The lowest BCUT2D eigenvalue weighted by molar-refractivity contribution is -0.385. The topological polar surface area (TPSA) is 128 Å². The highest BCUT2D eigenvalue weighted by molar-refractivity contribution is 9.10. The van der Waals surface area contributed by atoms with E-state index in [-0.39, 0.29) is 18.0 Å². The van der Waals surface area contributed by atoms with Gasteiger partial charge in [0, 0.05) is 56.7 Å². The molecule has 2 unspecified atom stereocenters. The Morgan fingerprint density at radius 1 is 0.818 bits per heavy atom. The van der Waals surface area contributed by atoms with Gasteiger partial charge in [0.2, 0.25) is 0 Å². The average Bonchev–Trinajstić information content (AvgIpc) is 3.02. The van der Waals surface area contributed by atoms with E-state index >= 15 is 0 Å². The summed E-state index contributed by atoms with van der Waals surface area (Å²) in [5, 5.41) is 26.4. The molecule has 1 aliphatic rings. The highest BCUT2D eigenvalue weighted by Crippen LogP contribution is 2.48. The number of halogens is 2. The van der Waals surface area contributed by atoms with Crippen molar-refractivity contribution in [2.24, 2.45) is 0 Å². The number of nitrogens with one attached hydrogen (secondary N) is 1. The summed E-state index contributed by atoms with van der Waals surface area (Å²) >= 11 is 6.95. The number of nitrogens with zero attached hydrogens (tertiary/aromatic N) is 3. The fourth-order valence-corrected chi connectivity index (χ4v) is 5.83. The molecule has 4 aromatic rings. The van der Waals surface area contributed by atoms with Gasteiger partial charge in [-0.2, -0.15) is 0 Å². The van der Waals surface area contributed by atoms with Crippen molar-refractivity contribution in [1.29, 1.82) is 0 Å². The van der Waals surface area contributed by atoms with Crippen LogP contribution in [0.15, 0.2) is 117 Å². The summed E-state index contributed by atoms with van der Waals surface area (Å²) in [6, 6.07) is 26.4. The Bertz CT molecular complexity index is 1710. The van der Waals surface area contributed by atoms with Gasteiger partial charge in [-0.15, -0.1) is 0 Å². The zero-order valence-corrected chi connectivity index (χ0v) is 26.5. The Morgan fingerprint density at radius 3 is 1.82 bits per heavy atom. The fraction of sp³-hybridized carbons (Fsp3) is 0.156. The molecule has 0 saturated heterocycles. The maximum atomic E-state index is 13.9. The van der Waals surface area contributed by atoms with Gasteiger partial charge in [0.15, 0.2) is 0 Å². The number of nitro benzene ring substituents is 2. The van der Waals surface area contributed by atoms with E-state index < -0.39 is 27.9 Å². The second-order valence-corrected chi connectivity index (χ2v) is 11.8. The molecule has 0 aromatic heterocycles. The van der Waals surface area contributed by atoms with Crippen molar-refractivity contribution < 1.29 is 19.4 Å². The van der Waals surface area contributed by atoms with Crippen LogP contribution in [0.3, 0.4) is 0 Å². The molecule has 1 heterocycles. The van der Waals surface area contributed by atoms with Crippen LogP contribution in [0.25, 0.3) is 0 Å². The maximum Gasteiger partial charge on any atom is 0.338 e. The Morgan fingerprint density at radius 2 is 1.32 bits per heavy atom. The Labute approximate surface area is 269 Å². The first-order valence-electron chi connectivity index (χ1n) is 13.6. The third-order valence-electron chi connectivity index (χ3n) is 7.28. The van der Waals surface area contributed by atoms with Crippen molar-refractivity contribution in [3.63, 3.8) is 0 Å². The van der Waals surface area contributed by atoms with Gasteiger partial charge in [-0.25, -0.2) is 4.79 Å². The predicted molar refractivity (Wildman–Crippen MR) is 174 cm³/mol. The minimum atomic E-state index is -0.747. The van der Waals surface area contributed by atoms with Crippen molar-refractivity contribution in [2.75, 3.05) is 16.8 Å². The Balaban J connectivity index is 1.78. The van der Waals surface area contributed by atoms with E-state index in [0.717, 1.165) is 25.9 Å². The van der Waals surface area contributed by atoms with Gasteiger partial charge in [0.1, 0.15) is 0 Å². The molecule has 0 spiro atoms.